The second kappa shape index (κ2) is 5.32. The number of rotatable bonds is 3. The molecule has 3 aliphatic rings. The molecule has 0 amide bonds. The Kier molecular flexibility index (Phi) is 3.34. The minimum absolute atomic E-state index is 0.600. The summed E-state index contributed by atoms with van der Waals surface area (Å²) in [5.41, 5.74) is 0. The van der Waals surface area contributed by atoms with Gasteiger partial charge in [-0.15, -0.1) is 0 Å². The van der Waals surface area contributed by atoms with Crippen LogP contribution >= 0.6 is 0 Å². The number of hydrogen-bond acceptors (Lipinski definition) is 4. The van der Waals surface area contributed by atoms with Gasteiger partial charge >= 0.3 is 0 Å². The summed E-state index contributed by atoms with van der Waals surface area (Å²) < 4.78 is 0. The second-order valence-corrected chi connectivity index (χ2v) is 6.73. The molecule has 4 nitrogen and oxygen atoms in total. The predicted octanol–water partition coefficient (Wildman–Crippen LogP) is 2.54. The normalized spacial score (nSPS) is 34.5. The van der Waals surface area contributed by atoms with Crippen LogP contribution in [0.2, 0.25) is 0 Å². The van der Waals surface area contributed by atoms with Gasteiger partial charge in [-0.25, -0.2) is 4.98 Å². The van der Waals surface area contributed by atoms with E-state index in [1.165, 1.54) is 51.6 Å². The SMILES string of the molecule is c1cnc(N[C@@H]2CC[C@@H]3CN(C4CCCC4)C[C@@H]32)cn1. The Bertz CT molecular complexity index is 443. The minimum Gasteiger partial charge on any atom is -0.366 e. The third-order valence-corrected chi connectivity index (χ3v) is 5.62. The van der Waals surface area contributed by atoms with Gasteiger partial charge in [0.15, 0.2) is 0 Å². The van der Waals surface area contributed by atoms with Crippen molar-refractivity contribution in [2.45, 2.75) is 50.6 Å². The molecule has 0 bridgehead atoms. The maximum atomic E-state index is 4.37. The summed E-state index contributed by atoms with van der Waals surface area (Å²) in [6.45, 7) is 2.64. The summed E-state index contributed by atoms with van der Waals surface area (Å²) in [6.07, 6.45) is 13.8. The van der Waals surface area contributed by atoms with Gasteiger partial charge in [-0.2, -0.15) is 0 Å². The number of likely N-dealkylation sites (tertiary alicyclic amines) is 1. The van der Waals surface area contributed by atoms with Crippen molar-refractivity contribution >= 4 is 5.82 Å². The number of hydrogen-bond donors (Lipinski definition) is 1. The van der Waals surface area contributed by atoms with Crippen molar-refractivity contribution in [3.05, 3.63) is 18.6 Å². The largest absolute Gasteiger partial charge is 0.366 e. The quantitative estimate of drug-likeness (QED) is 0.918. The topological polar surface area (TPSA) is 41.1 Å². The standard InChI is InChI=1S/C16H24N4/c1-2-4-13(3-1)20-10-12-5-6-15(14(12)11-20)19-16-9-17-7-8-18-16/h7-9,12-15H,1-6,10-11H2,(H,18,19)/t12-,14+,15-/m1/s1. The lowest BCUT2D eigenvalue weighted by Gasteiger charge is -2.26. The molecular weight excluding hydrogens is 248 g/mol. The summed E-state index contributed by atoms with van der Waals surface area (Å²) >= 11 is 0. The van der Waals surface area contributed by atoms with Crippen LogP contribution in [0.3, 0.4) is 0 Å². The molecule has 3 atom stereocenters. The van der Waals surface area contributed by atoms with Crippen LogP contribution in [-0.4, -0.2) is 40.0 Å². The van der Waals surface area contributed by atoms with E-state index < -0.39 is 0 Å². The Morgan fingerprint density at radius 2 is 1.95 bits per heavy atom. The van der Waals surface area contributed by atoms with Gasteiger partial charge < -0.3 is 5.32 Å². The van der Waals surface area contributed by atoms with Gasteiger partial charge in [-0.3, -0.25) is 9.88 Å². The molecule has 0 spiro atoms. The van der Waals surface area contributed by atoms with Gasteiger partial charge in [0.1, 0.15) is 5.82 Å². The Labute approximate surface area is 121 Å². The smallest absolute Gasteiger partial charge is 0.144 e. The fourth-order valence-electron chi connectivity index (χ4n) is 4.61. The zero-order valence-corrected chi connectivity index (χ0v) is 12.0. The average Bonchev–Trinajstić information content (AvgIpc) is 3.17. The summed E-state index contributed by atoms with van der Waals surface area (Å²) in [7, 11) is 0. The van der Waals surface area contributed by atoms with E-state index in [2.05, 4.69) is 20.2 Å². The first kappa shape index (κ1) is 12.6. The molecule has 1 aromatic rings. The van der Waals surface area contributed by atoms with Gasteiger partial charge in [0.2, 0.25) is 0 Å². The summed E-state index contributed by atoms with van der Waals surface area (Å²) in [5, 5.41) is 3.62. The van der Waals surface area contributed by atoms with Crippen LogP contribution < -0.4 is 5.32 Å². The highest BCUT2D eigenvalue weighted by atomic mass is 15.2. The molecule has 2 aliphatic carbocycles. The molecule has 1 aliphatic heterocycles. The fraction of sp³-hybridized carbons (Fsp3) is 0.750. The molecule has 0 unspecified atom stereocenters. The molecule has 2 saturated carbocycles. The van der Waals surface area contributed by atoms with Crippen LogP contribution in [0.5, 0.6) is 0 Å². The van der Waals surface area contributed by atoms with Crippen molar-refractivity contribution in [3.8, 4) is 0 Å². The van der Waals surface area contributed by atoms with Crippen LogP contribution in [0.15, 0.2) is 18.6 Å². The molecular formula is C16H24N4. The zero-order valence-electron chi connectivity index (χ0n) is 12.0. The molecule has 3 fully saturated rings. The van der Waals surface area contributed by atoms with Crippen molar-refractivity contribution in [2.75, 3.05) is 18.4 Å². The highest BCUT2D eigenvalue weighted by Crippen LogP contribution is 2.41. The van der Waals surface area contributed by atoms with Gasteiger partial charge in [0, 0.05) is 37.6 Å². The molecule has 0 aromatic carbocycles. The van der Waals surface area contributed by atoms with E-state index >= 15 is 0 Å². The predicted molar refractivity (Wildman–Crippen MR) is 79.5 cm³/mol. The Morgan fingerprint density at radius 3 is 2.75 bits per heavy atom. The molecule has 1 aromatic heterocycles. The molecule has 1 N–H and O–H groups in total. The number of anilines is 1. The molecule has 0 radical (unpaired) electrons. The van der Waals surface area contributed by atoms with Crippen molar-refractivity contribution in [2.24, 2.45) is 11.8 Å². The number of nitrogens with one attached hydrogen (secondary N) is 1. The van der Waals surface area contributed by atoms with Crippen LogP contribution in [0.4, 0.5) is 5.82 Å². The second-order valence-electron chi connectivity index (χ2n) is 6.73. The highest BCUT2D eigenvalue weighted by Gasteiger charge is 2.44. The van der Waals surface area contributed by atoms with E-state index in [4.69, 9.17) is 0 Å². The number of fused-ring (bicyclic) bond motifs is 1. The van der Waals surface area contributed by atoms with Crippen molar-refractivity contribution < 1.29 is 0 Å². The first-order valence-electron chi connectivity index (χ1n) is 8.17. The first-order valence-corrected chi connectivity index (χ1v) is 8.17. The summed E-state index contributed by atoms with van der Waals surface area (Å²) in [6, 6.07) is 1.49. The summed E-state index contributed by atoms with van der Waals surface area (Å²) in [5.74, 6) is 2.67. The lowest BCUT2D eigenvalue weighted by Crippen LogP contribution is -2.34. The molecule has 1 saturated heterocycles. The summed E-state index contributed by atoms with van der Waals surface area (Å²) in [4.78, 5) is 11.3. The molecule has 4 rings (SSSR count). The number of nitrogens with zero attached hydrogens (tertiary/aromatic N) is 3. The van der Waals surface area contributed by atoms with Crippen molar-refractivity contribution in [1.29, 1.82) is 0 Å². The number of aromatic nitrogens is 2. The van der Waals surface area contributed by atoms with Gasteiger partial charge in [-0.05, 0) is 37.5 Å². The maximum Gasteiger partial charge on any atom is 0.144 e. The minimum atomic E-state index is 0.600. The third-order valence-electron chi connectivity index (χ3n) is 5.62. The first-order chi connectivity index (χ1) is 9.90. The lowest BCUT2D eigenvalue weighted by atomic mass is 9.98. The van der Waals surface area contributed by atoms with Gasteiger partial charge in [0.25, 0.3) is 0 Å². The van der Waals surface area contributed by atoms with E-state index in [9.17, 15) is 0 Å². The molecule has 4 heteroatoms. The van der Waals surface area contributed by atoms with E-state index in [-0.39, 0.29) is 0 Å². The highest BCUT2D eigenvalue weighted by molar-refractivity contribution is 5.32. The lowest BCUT2D eigenvalue weighted by molar-refractivity contribution is 0.226. The van der Waals surface area contributed by atoms with Crippen LogP contribution in [0, 0.1) is 11.8 Å². The Balaban J connectivity index is 1.41. The van der Waals surface area contributed by atoms with Crippen LogP contribution in [0.25, 0.3) is 0 Å². The van der Waals surface area contributed by atoms with Crippen molar-refractivity contribution in [3.63, 3.8) is 0 Å². The third kappa shape index (κ3) is 2.30. The van der Waals surface area contributed by atoms with E-state index in [1.54, 1.807) is 12.4 Å². The molecule has 20 heavy (non-hydrogen) atoms. The van der Waals surface area contributed by atoms with Gasteiger partial charge in [0.05, 0.1) is 6.20 Å². The molecule has 2 heterocycles. The van der Waals surface area contributed by atoms with Crippen molar-refractivity contribution in [1.82, 2.24) is 14.9 Å². The molecule has 108 valence electrons. The zero-order chi connectivity index (χ0) is 13.4. The van der Waals surface area contributed by atoms with Crippen LogP contribution in [0.1, 0.15) is 38.5 Å². The van der Waals surface area contributed by atoms with E-state index in [0.717, 1.165) is 23.7 Å². The monoisotopic (exact) mass is 272 g/mol. The van der Waals surface area contributed by atoms with Crippen LogP contribution in [-0.2, 0) is 0 Å². The maximum absolute atomic E-state index is 4.37. The average molecular weight is 272 g/mol. The Hall–Kier alpha value is -1.16. The fourth-order valence-corrected chi connectivity index (χ4v) is 4.61. The Morgan fingerprint density at radius 1 is 1.05 bits per heavy atom. The van der Waals surface area contributed by atoms with E-state index in [1.807, 2.05) is 6.20 Å². The van der Waals surface area contributed by atoms with E-state index in [0.29, 0.717) is 6.04 Å². The van der Waals surface area contributed by atoms with Gasteiger partial charge in [-0.1, -0.05) is 12.8 Å².